The summed E-state index contributed by atoms with van der Waals surface area (Å²) in [6.07, 6.45) is 0. The molecule has 58 heavy (non-hydrogen) atoms. The van der Waals surface area contributed by atoms with Crippen LogP contribution in [0.1, 0.15) is 22.3 Å². The van der Waals surface area contributed by atoms with Crippen molar-refractivity contribution >= 4 is 38.9 Å². The van der Waals surface area contributed by atoms with Gasteiger partial charge in [0.1, 0.15) is 11.5 Å². The highest BCUT2D eigenvalue weighted by Crippen LogP contribution is 2.62. The minimum atomic E-state index is -0.546. The lowest BCUT2D eigenvalue weighted by molar-refractivity contribution is 0.436. The Morgan fingerprint density at radius 1 is 0.362 bits per heavy atom. The Hall–Kier alpha value is -7.62. The van der Waals surface area contributed by atoms with Gasteiger partial charge in [0, 0.05) is 44.6 Å². The van der Waals surface area contributed by atoms with E-state index in [0.717, 1.165) is 56.5 Å². The standard InChI is InChI=1S/C55H36N2O/c1-2-16-39(17-3-1)56(41-18-14-15-38(35-41)37-29-31-40(32-30-37)57-51-26-11-6-21-45(51)46-22-7-12-27-52(46)57)42-33-34-54-50(36-42)55(49-25-10-13-28-53(49)58-54)47-23-8-4-19-43(47)44-20-5-9-24-48(44)55/h1-36H. The number of anilines is 3. The van der Waals surface area contributed by atoms with Gasteiger partial charge in [-0.15, -0.1) is 0 Å². The lowest BCUT2D eigenvalue weighted by atomic mass is 9.66. The number of benzene rings is 9. The van der Waals surface area contributed by atoms with Gasteiger partial charge in [0.2, 0.25) is 0 Å². The predicted octanol–water partition coefficient (Wildman–Crippen LogP) is 14.4. The molecule has 0 saturated carbocycles. The molecule has 0 unspecified atom stereocenters. The highest BCUT2D eigenvalue weighted by Gasteiger charge is 2.51. The average Bonchev–Trinajstić information content (AvgIpc) is 3.78. The van der Waals surface area contributed by atoms with Crippen LogP contribution in [0.5, 0.6) is 11.5 Å². The Morgan fingerprint density at radius 2 is 0.914 bits per heavy atom. The summed E-state index contributed by atoms with van der Waals surface area (Å²) >= 11 is 0. The quantitative estimate of drug-likeness (QED) is 0.175. The first-order valence-corrected chi connectivity index (χ1v) is 19.9. The first-order chi connectivity index (χ1) is 28.8. The Kier molecular flexibility index (Phi) is 7.14. The fraction of sp³-hybridized carbons (Fsp3) is 0.0182. The summed E-state index contributed by atoms with van der Waals surface area (Å²) in [4.78, 5) is 2.37. The van der Waals surface area contributed by atoms with Gasteiger partial charge < -0.3 is 14.2 Å². The van der Waals surface area contributed by atoms with E-state index in [2.05, 4.69) is 228 Å². The van der Waals surface area contributed by atoms with Crippen molar-refractivity contribution in [1.82, 2.24) is 4.57 Å². The second kappa shape index (κ2) is 12.7. The van der Waals surface area contributed by atoms with Crippen LogP contribution in [0.15, 0.2) is 218 Å². The van der Waals surface area contributed by atoms with Crippen molar-refractivity contribution in [2.24, 2.45) is 0 Å². The Labute approximate surface area is 337 Å². The normalized spacial score (nSPS) is 13.1. The number of rotatable bonds is 5. The van der Waals surface area contributed by atoms with Crippen LogP contribution in [-0.4, -0.2) is 4.57 Å². The van der Waals surface area contributed by atoms with Gasteiger partial charge in [0.15, 0.2) is 0 Å². The number of fused-ring (bicyclic) bond motifs is 12. The molecule has 272 valence electrons. The molecule has 0 fully saturated rings. The lowest BCUT2D eigenvalue weighted by Crippen LogP contribution is -2.32. The van der Waals surface area contributed by atoms with Gasteiger partial charge in [-0.2, -0.15) is 0 Å². The van der Waals surface area contributed by atoms with Gasteiger partial charge in [-0.1, -0.05) is 146 Å². The minimum Gasteiger partial charge on any atom is -0.457 e. The maximum Gasteiger partial charge on any atom is 0.132 e. The first-order valence-electron chi connectivity index (χ1n) is 19.9. The predicted molar refractivity (Wildman–Crippen MR) is 238 cm³/mol. The van der Waals surface area contributed by atoms with E-state index in [9.17, 15) is 0 Å². The summed E-state index contributed by atoms with van der Waals surface area (Å²) in [7, 11) is 0. The molecule has 9 aromatic carbocycles. The van der Waals surface area contributed by atoms with Crippen molar-refractivity contribution in [2.45, 2.75) is 5.41 Å². The fourth-order valence-electron chi connectivity index (χ4n) is 9.84. The molecule has 12 rings (SSSR count). The van der Waals surface area contributed by atoms with Crippen molar-refractivity contribution in [3.05, 3.63) is 241 Å². The molecule has 0 saturated heterocycles. The summed E-state index contributed by atoms with van der Waals surface area (Å²) in [6, 6.07) is 79.0. The van der Waals surface area contributed by atoms with E-state index in [1.807, 2.05) is 0 Å². The van der Waals surface area contributed by atoms with Crippen molar-refractivity contribution in [2.75, 3.05) is 4.90 Å². The van der Waals surface area contributed by atoms with Crippen LogP contribution in [0.3, 0.4) is 0 Å². The number of nitrogens with zero attached hydrogens (tertiary/aromatic N) is 2. The van der Waals surface area contributed by atoms with Gasteiger partial charge in [0.25, 0.3) is 0 Å². The smallest absolute Gasteiger partial charge is 0.132 e. The van der Waals surface area contributed by atoms with Gasteiger partial charge >= 0.3 is 0 Å². The maximum absolute atomic E-state index is 6.78. The number of hydrogen-bond donors (Lipinski definition) is 0. The second-order valence-corrected chi connectivity index (χ2v) is 15.3. The third-order valence-corrected chi connectivity index (χ3v) is 12.2. The molecule has 2 aliphatic rings. The van der Waals surface area contributed by atoms with Crippen molar-refractivity contribution in [1.29, 1.82) is 0 Å². The summed E-state index contributed by atoms with van der Waals surface area (Å²) < 4.78 is 9.15. The molecule has 1 spiro atoms. The van der Waals surface area contributed by atoms with Crippen LogP contribution in [0.25, 0.3) is 49.7 Å². The summed E-state index contributed by atoms with van der Waals surface area (Å²) in [6.45, 7) is 0. The van der Waals surface area contributed by atoms with Crippen LogP contribution in [0.4, 0.5) is 17.1 Å². The third-order valence-electron chi connectivity index (χ3n) is 12.2. The van der Waals surface area contributed by atoms with Crippen LogP contribution in [0, 0.1) is 0 Å². The van der Waals surface area contributed by atoms with Gasteiger partial charge in [-0.05, 0) is 106 Å². The lowest BCUT2D eigenvalue weighted by Gasteiger charge is -2.40. The van der Waals surface area contributed by atoms with Gasteiger partial charge in [-0.3, -0.25) is 0 Å². The van der Waals surface area contributed by atoms with E-state index in [1.165, 1.54) is 44.1 Å². The zero-order chi connectivity index (χ0) is 38.2. The average molecular weight is 741 g/mol. The van der Waals surface area contributed by atoms with E-state index in [0.29, 0.717) is 0 Å². The van der Waals surface area contributed by atoms with Crippen LogP contribution in [0.2, 0.25) is 0 Å². The van der Waals surface area contributed by atoms with Crippen molar-refractivity contribution in [3.8, 4) is 39.4 Å². The van der Waals surface area contributed by atoms with E-state index in [4.69, 9.17) is 4.74 Å². The highest BCUT2D eigenvalue weighted by atomic mass is 16.5. The monoisotopic (exact) mass is 740 g/mol. The zero-order valence-corrected chi connectivity index (χ0v) is 31.6. The molecule has 0 N–H and O–H groups in total. The Morgan fingerprint density at radius 3 is 1.62 bits per heavy atom. The van der Waals surface area contributed by atoms with Crippen LogP contribution < -0.4 is 9.64 Å². The second-order valence-electron chi connectivity index (χ2n) is 15.3. The number of ether oxygens (including phenoxy) is 1. The number of para-hydroxylation sites is 4. The fourth-order valence-corrected chi connectivity index (χ4v) is 9.84. The SMILES string of the molecule is c1ccc(N(c2cccc(-c3ccc(-n4c5ccccc5c5ccccc54)cc3)c2)c2ccc3c(c2)C2(c4ccccc4O3)c3ccccc3-c3ccccc32)cc1. The molecule has 10 aromatic rings. The molecular weight excluding hydrogens is 705 g/mol. The van der Waals surface area contributed by atoms with Crippen LogP contribution in [-0.2, 0) is 5.41 Å². The topological polar surface area (TPSA) is 17.4 Å². The molecule has 0 atom stereocenters. The molecule has 3 heteroatoms. The minimum absolute atomic E-state index is 0.546. The molecule has 0 radical (unpaired) electrons. The van der Waals surface area contributed by atoms with E-state index in [1.54, 1.807) is 0 Å². The van der Waals surface area contributed by atoms with E-state index in [-0.39, 0.29) is 0 Å². The number of hydrogen-bond acceptors (Lipinski definition) is 2. The summed E-state index contributed by atoms with van der Waals surface area (Å²) in [5.41, 5.74) is 15.9. The molecule has 1 aliphatic heterocycles. The van der Waals surface area contributed by atoms with Crippen molar-refractivity contribution < 1.29 is 4.74 Å². The van der Waals surface area contributed by atoms with Crippen LogP contribution >= 0.6 is 0 Å². The molecule has 0 bridgehead atoms. The maximum atomic E-state index is 6.78. The first kappa shape index (κ1) is 32.6. The Balaban J connectivity index is 1.00. The largest absolute Gasteiger partial charge is 0.457 e. The molecular formula is C55H36N2O. The van der Waals surface area contributed by atoms with Gasteiger partial charge in [0.05, 0.1) is 16.4 Å². The molecule has 2 heterocycles. The van der Waals surface area contributed by atoms with E-state index >= 15 is 0 Å². The molecule has 1 aromatic heterocycles. The number of aromatic nitrogens is 1. The Bertz CT molecular complexity index is 3110. The zero-order valence-electron chi connectivity index (χ0n) is 31.6. The third kappa shape index (κ3) is 4.68. The molecule has 1 aliphatic carbocycles. The molecule has 3 nitrogen and oxygen atoms in total. The van der Waals surface area contributed by atoms with E-state index < -0.39 is 5.41 Å². The summed E-state index contributed by atoms with van der Waals surface area (Å²) in [5.74, 6) is 1.77. The molecule has 0 amide bonds. The van der Waals surface area contributed by atoms with Crippen molar-refractivity contribution in [3.63, 3.8) is 0 Å². The van der Waals surface area contributed by atoms with Gasteiger partial charge in [-0.25, -0.2) is 0 Å². The summed E-state index contributed by atoms with van der Waals surface area (Å²) in [5, 5.41) is 2.53. The highest BCUT2D eigenvalue weighted by molar-refractivity contribution is 6.09.